The largest absolute Gasteiger partial charge is 0.457 e. The molecule has 0 unspecified atom stereocenters. The summed E-state index contributed by atoms with van der Waals surface area (Å²) in [6, 6.07) is 34.0. The van der Waals surface area contributed by atoms with Crippen molar-refractivity contribution in [2.24, 2.45) is 0 Å². The normalized spacial score (nSPS) is 13.9. The highest BCUT2D eigenvalue weighted by Crippen LogP contribution is 2.32. The Bertz CT molecular complexity index is 1070. The third kappa shape index (κ3) is 2.66. The zero-order valence-corrected chi connectivity index (χ0v) is 18.2. The van der Waals surface area contributed by atoms with Gasteiger partial charge in [0, 0.05) is 9.50 Å². The predicted molar refractivity (Wildman–Crippen MR) is 123 cm³/mol. The Kier molecular flexibility index (Phi) is 4.39. The van der Waals surface area contributed by atoms with Crippen LogP contribution in [-0.4, -0.2) is 8.07 Å². The monoisotopic (exact) mass is 462 g/mol. The second-order valence-electron chi connectivity index (χ2n) is 6.87. The van der Waals surface area contributed by atoms with Crippen LogP contribution in [0, 0.1) is 0 Å². The Morgan fingerprint density at radius 2 is 1.18 bits per heavy atom. The van der Waals surface area contributed by atoms with Gasteiger partial charge in [-0.15, -0.1) is 0 Å². The van der Waals surface area contributed by atoms with Crippen LogP contribution in [0.2, 0.25) is 5.02 Å². The first-order chi connectivity index (χ1) is 13.7. The van der Waals surface area contributed by atoms with Crippen molar-refractivity contribution < 1.29 is 4.74 Å². The van der Waals surface area contributed by atoms with E-state index in [1.807, 2.05) is 12.1 Å². The predicted octanol–water partition coefficient (Wildman–Crippen LogP) is 4.59. The number of halogens is 2. The summed E-state index contributed by atoms with van der Waals surface area (Å²) in [5, 5.41) is 5.82. The van der Waals surface area contributed by atoms with E-state index in [4.69, 9.17) is 16.3 Å². The van der Waals surface area contributed by atoms with Crippen LogP contribution in [0.4, 0.5) is 0 Å². The zero-order chi connectivity index (χ0) is 19.1. The summed E-state index contributed by atoms with van der Waals surface area (Å²) in [4.78, 5) is 0. The van der Waals surface area contributed by atoms with Crippen molar-refractivity contribution in [2.75, 3.05) is 0 Å². The summed E-state index contributed by atoms with van der Waals surface area (Å²) in [7, 11) is -2.53. The van der Waals surface area contributed by atoms with Crippen LogP contribution in [-0.2, 0) is 0 Å². The van der Waals surface area contributed by atoms with E-state index in [1.165, 1.54) is 20.7 Å². The number of ether oxygens (including phenoxy) is 1. The third-order valence-electron chi connectivity index (χ3n) is 5.33. The molecular formula is C24H16BrClOSi. The van der Waals surface area contributed by atoms with Gasteiger partial charge in [-0.2, -0.15) is 0 Å². The summed E-state index contributed by atoms with van der Waals surface area (Å²) in [5.41, 5.74) is 0. The average molecular weight is 464 g/mol. The van der Waals surface area contributed by atoms with E-state index in [0.717, 1.165) is 16.0 Å². The van der Waals surface area contributed by atoms with Crippen molar-refractivity contribution in [1.82, 2.24) is 0 Å². The minimum atomic E-state index is -2.53. The molecule has 4 heteroatoms. The molecule has 0 amide bonds. The summed E-state index contributed by atoms with van der Waals surface area (Å²) >= 11 is 9.95. The number of rotatable bonds is 2. The highest BCUT2D eigenvalue weighted by Gasteiger charge is 2.47. The number of benzene rings is 4. The van der Waals surface area contributed by atoms with E-state index < -0.39 is 8.07 Å². The van der Waals surface area contributed by atoms with Crippen LogP contribution in [0.25, 0.3) is 0 Å². The van der Waals surface area contributed by atoms with Crippen LogP contribution in [0.5, 0.6) is 11.5 Å². The van der Waals surface area contributed by atoms with Gasteiger partial charge in [0.1, 0.15) is 11.5 Å². The third-order valence-corrected chi connectivity index (χ3v) is 10.9. The second kappa shape index (κ2) is 6.93. The Hall–Kier alpha value is -2.33. The lowest BCUT2D eigenvalue weighted by Gasteiger charge is -2.39. The van der Waals surface area contributed by atoms with E-state index in [-0.39, 0.29) is 0 Å². The molecule has 0 spiro atoms. The Balaban J connectivity index is 1.97. The lowest BCUT2D eigenvalue weighted by Crippen LogP contribution is -2.76. The molecule has 0 atom stereocenters. The number of fused-ring (bicyclic) bond motifs is 2. The van der Waals surface area contributed by atoms with Crippen molar-refractivity contribution in [2.45, 2.75) is 0 Å². The molecule has 0 aliphatic carbocycles. The van der Waals surface area contributed by atoms with Gasteiger partial charge in [0.15, 0.2) is 8.07 Å². The highest BCUT2D eigenvalue weighted by molar-refractivity contribution is 9.10. The van der Waals surface area contributed by atoms with Crippen LogP contribution in [0.15, 0.2) is 102 Å². The molecule has 1 aliphatic rings. The summed E-state index contributed by atoms with van der Waals surface area (Å²) < 4.78 is 7.36. The van der Waals surface area contributed by atoms with Crippen molar-refractivity contribution >= 4 is 56.4 Å². The van der Waals surface area contributed by atoms with Gasteiger partial charge in [-0.1, -0.05) is 100 Å². The maximum absolute atomic E-state index is 6.36. The van der Waals surface area contributed by atoms with Crippen molar-refractivity contribution in [3.05, 3.63) is 107 Å². The lowest BCUT2D eigenvalue weighted by molar-refractivity contribution is 0.487. The van der Waals surface area contributed by atoms with Gasteiger partial charge in [0.05, 0.1) is 0 Å². The van der Waals surface area contributed by atoms with Gasteiger partial charge < -0.3 is 4.74 Å². The van der Waals surface area contributed by atoms with Crippen molar-refractivity contribution in [3.8, 4) is 11.5 Å². The molecule has 0 fully saturated rings. The molecule has 4 aromatic rings. The van der Waals surface area contributed by atoms with Crippen LogP contribution >= 0.6 is 27.5 Å². The molecule has 28 heavy (non-hydrogen) atoms. The molecule has 1 aliphatic heterocycles. The van der Waals surface area contributed by atoms with Crippen LogP contribution in [0.1, 0.15) is 0 Å². The van der Waals surface area contributed by atoms with Gasteiger partial charge in [-0.25, -0.2) is 0 Å². The zero-order valence-electron chi connectivity index (χ0n) is 14.9. The van der Waals surface area contributed by atoms with Gasteiger partial charge in [0.25, 0.3) is 0 Å². The molecular weight excluding hydrogens is 448 g/mol. The molecule has 0 saturated heterocycles. The molecule has 136 valence electrons. The first-order valence-electron chi connectivity index (χ1n) is 9.08. The molecule has 1 nitrogen and oxygen atoms in total. The van der Waals surface area contributed by atoms with Gasteiger partial charge in [-0.3, -0.25) is 0 Å². The maximum atomic E-state index is 6.36. The van der Waals surface area contributed by atoms with E-state index in [2.05, 4.69) is 101 Å². The highest BCUT2D eigenvalue weighted by atomic mass is 79.9. The average Bonchev–Trinajstić information content (AvgIpc) is 2.73. The Morgan fingerprint density at radius 3 is 1.79 bits per heavy atom. The fraction of sp³-hybridized carbons (Fsp3) is 0. The molecule has 0 saturated carbocycles. The van der Waals surface area contributed by atoms with Crippen LogP contribution < -0.4 is 25.5 Å². The summed E-state index contributed by atoms with van der Waals surface area (Å²) in [6.45, 7) is 0. The summed E-state index contributed by atoms with van der Waals surface area (Å²) in [5.74, 6) is 1.74. The lowest BCUT2D eigenvalue weighted by atomic mass is 10.3. The SMILES string of the molecule is Clc1ccc2c(c1)Oc1cc(Br)ccc1[Si]2(c1ccccc1)c1ccccc1. The quantitative estimate of drug-likeness (QED) is 0.348. The van der Waals surface area contributed by atoms with E-state index in [0.29, 0.717) is 5.02 Å². The molecule has 0 bridgehead atoms. The van der Waals surface area contributed by atoms with E-state index >= 15 is 0 Å². The molecule has 0 aromatic heterocycles. The molecule has 5 rings (SSSR count). The molecule has 0 radical (unpaired) electrons. The topological polar surface area (TPSA) is 9.23 Å². The standard InChI is InChI=1S/C24H16BrClOSi/c25-17-11-13-23-21(15-17)27-22-16-18(26)12-14-24(22)28(23,19-7-3-1-4-8-19)20-9-5-2-6-10-20/h1-16H. The first-order valence-corrected chi connectivity index (χ1v) is 12.3. The Labute approximate surface area is 178 Å². The smallest absolute Gasteiger partial charge is 0.188 e. The van der Waals surface area contributed by atoms with Crippen molar-refractivity contribution in [1.29, 1.82) is 0 Å². The van der Waals surface area contributed by atoms with Gasteiger partial charge >= 0.3 is 0 Å². The van der Waals surface area contributed by atoms with Gasteiger partial charge in [0.2, 0.25) is 0 Å². The fourth-order valence-electron chi connectivity index (χ4n) is 4.21. The Morgan fingerprint density at radius 1 is 0.643 bits per heavy atom. The molecule has 4 aromatic carbocycles. The maximum Gasteiger partial charge on any atom is 0.188 e. The van der Waals surface area contributed by atoms with Crippen molar-refractivity contribution in [3.63, 3.8) is 0 Å². The molecule has 0 N–H and O–H groups in total. The number of hydrogen-bond acceptors (Lipinski definition) is 1. The fourth-order valence-corrected chi connectivity index (χ4v) is 9.62. The summed E-state index contributed by atoms with van der Waals surface area (Å²) in [6.07, 6.45) is 0. The first kappa shape index (κ1) is 17.7. The van der Waals surface area contributed by atoms with E-state index in [1.54, 1.807) is 0 Å². The minimum Gasteiger partial charge on any atom is -0.457 e. The molecule has 1 heterocycles. The second-order valence-corrected chi connectivity index (χ2v) is 11.9. The van der Waals surface area contributed by atoms with E-state index in [9.17, 15) is 0 Å². The van der Waals surface area contributed by atoms with Crippen LogP contribution in [0.3, 0.4) is 0 Å². The minimum absolute atomic E-state index is 0.682. The van der Waals surface area contributed by atoms with Gasteiger partial charge in [-0.05, 0) is 45.0 Å². The number of hydrogen-bond donors (Lipinski definition) is 0.